The summed E-state index contributed by atoms with van der Waals surface area (Å²) in [5, 5.41) is 2.85. The van der Waals surface area contributed by atoms with Gasteiger partial charge in [0.15, 0.2) is 6.10 Å². The molecule has 156 valence electrons. The monoisotopic (exact) mass is 410 g/mol. The average molecular weight is 411 g/mol. The topological polar surface area (TPSA) is 102 Å². The summed E-state index contributed by atoms with van der Waals surface area (Å²) >= 11 is 0. The van der Waals surface area contributed by atoms with Crippen LogP contribution in [-0.4, -0.2) is 39.5 Å². The molecule has 1 unspecified atom stereocenters. The molecule has 0 heterocycles. The first-order valence-corrected chi connectivity index (χ1v) is 11.3. The Hall–Kier alpha value is -1.93. The number of carbonyl (C=O) groups excluding carboxylic acids is 2. The zero-order chi connectivity index (χ0) is 20.7. The second-order valence-corrected chi connectivity index (χ2v) is 9.04. The molecular formula is C20H30N2O5S. The van der Waals surface area contributed by atoms with Gasteiger partial charge in [-0.3, -0.25) is 4.79 Å². The van der Waals surface area contributed by atoms with Gasteiger partial charge in [0.25, 0.3) is 5.91 Å². The van der Waals surface area contributed by atoms with Crippen LogP contribution in [0.5, 0.6) is 0 Å². The van der Waals surface area contributed by atoms with E-state index >= 15 is 0 Å². The third-order valence-corrected chi connectivity index (χ3v) is 6.56. The fourth-order valence-corrected chi connectivity index (χ4v) is 4.39. The van der Waals surface area contributed by atoms with Crippen molar-refractivity contribution in [1.82, 2.24) is 10.0 Å². The van der Waals surface area contributed by atoms with Crippen LogP contribution in [0.4, 0.5) is 0 Å². The predicted molar refractivity (Wildman–Crippen MR) is 107 cm³/mol. The Labute approximate surface area is 167 Å². The molecule has 0 saturated heterocycles. The fraction of sp³-hybridized carbons (Fsp3) is 0.600. The van der Waals surface area contributed by atoms with Crippen LogP contribution in [0.15, 0.2) is 23.1 Å². The summed E-state index contributed by atoms with van der Waals surface area (Å²) in [4.78, 5) is 24.7. The summed E-state index contributed by atoms with van der Waals surface area (Å²) in [5.74, 6) is -0.574. The highest BCUT2D eigenvalue weighted by Gasteiger charge is 2.23. The highest BCUT2D eigenvalue weighted by atomic mass is 32.2. The number of benzene rings is 1. The first-order chi connectivity index (χ1) is 13.2. The van der Waals surface area contributed by atoms with Crippen molar-refractivity contribution in [1.29, 1.82) is 0 Å². The number of sulfonamides is 1. The van der Waals surface area contributed by atoms with Crippen LogP contribution in [0.1, 0.15) is 61.9 Å². The molecule has 2 N–H and O–H groups in total. The molecule has 0 aromatic heterocycles. The first kappa shape index (κ1) is 22.4. The molecule has 1 atom stereocenters. The van der Waals surface area contributed by atoms with E-state index < -0.39 is 22.1 Å². The lowest BCUT2D eigenvalue weighted by Gasteiger charge is -2.22. The van der Waals surface area contributed by atoms with E-state index in [9.17, 15) is 18.0 Å². The molecule has 1 saturated carbocycles. The number of hydrogen-bond donors (Lipinski definition) is 2. The molecule has 0 radical (unpaired) electrons. The number of amides is 1. The maximum Gasteiger partial charge on any atom is 0.339 e. The highest BCUT2D eigenvalue weighted by molar-refractivity contribution is 7.89. The Balaban J connectivity index is 1.99. The third-order valence-electron chi connectivity index (χ3n) is 5.02. The summed E-state index contributed by atoms with van der Waals surface area (Å²) in [5.41, 5.74) is 0.709. The van der Waals surface area contributed by atoms with Crippen LogP contribution in [0.2, 0.25) is 0 Å². The molecule has 0 bridgehead atoms. The van der Waals surface area contributed by atoms with E-state index in [-0.39, 0.29) is 22.9 Å². The minimum absolute atomic E-state index is 0.0127. The lowest BCUT2D eigenvalue weighted by molar-refractivity contribution is -0.129. The van der Waals surface area contributed by atoms with Gasteiger partial charge in [-0.05, 0) is 50.3 Å². The minimum atomic E-state index is -3.69. The molecule has 0 spiro atoms. The quantitative estimate of drug-likeness (QED) is 0.641. The van der Waals surface area contributed by atoms with E-state index in [4.69, 9.17) is 4.74 Å². The molecule has 8 heteroatoms. The summed E-state index contributed by atoms with van der Waals surface area (Å²) < 4.78 is 32.0. The standard InChI is InChI=1S/C20H30N2O5S/c1-4-22-28(25,26)17-11-10-14(2)18(12-17)20(24)27-15(3)19(23)21-13-16-8-6-5-7-9-16/h10-12,15-16,22H,4-9,13H2,1-3H3,(H,21,23). The minimum Gasteiger partial charge on any atom is -0.449 e. The summed E-state index contributed by atoms with van der Waals surface area (Å²) in [6.07, 6.45) is 4.90. The number of aryl methyl sites for hydroxylation is 1. The van der Waals surface area contributed by atoms with E-state index in [2.05, 4.69) is 10.0 Å². The van der Waals surface area contributed by atoms with Crippen LogP contribution in [0.25, 0.3) is 0 Å². The number of ether oxygens (including phenoxy) is 1. The van der Waals surface area contributed by atoms with Crippen molar-refractivity contribution in [3.8, 4) is 0 Å². The van der Waals surface area contributed by atoms with Gasteiger partial charge >= 0.3 is 5.97 Å². The van der Waals surface area contributed by atoms with E-state index in [0.29, 0.717) is 18.0 Å². The van der Waals surface area contributed by atoms with Crippen molar-refractivity contribution in [2.24, 2.45) is 5.92 Å². The first-order valence-electron chi connectivity index (χ1n) is 9.83. The van der Waals surface area contributed by atoms with Crippen molar-refractivity contribution in [3.63, 3.8) is 0 Å². The third kappa shape index (κ3) is 6.04. The van der Waals surface area contributed by atoms with Crippen LogP contribution in [-0.2, 0) is 19.6 Å². The van der Waals surface area contributed by atoms with Crippen LogP contribution >= 0.6 is 0 Å². The number of rotatable bonds is 8. The van der Waals surface area contributed by atoms with Gasteiger partial charge in [-0.25, -0.2) is 17.9 Å². The summed E-state index contributed by atoms with van der Waals surface area (Å²) in [6, 6.07) is 4.27. The predicted octanol–water partition coefficient (Wildman–Crippen LogP) is 2.54. The van der Waals surface area contributed by atoms with Crippen molar-refractivity contribution in [2.45, 2.75) is 63.9 Å². The van der Waals surface area contributed by atoms with E-state index in [1.807, 2.05) is 0 Å². The lowest BCUT2D eigenvalue weighted by atomic mass is 9.89. The zero-order valence-electron chi connectivity index (χ0n) is 16.8. The molecular weight excluding hydrogens is 380 g/mol. The normalized spacial score (nSPS) is 16.4. The van der Waals surface area contributed by atoms with Crippen molar-refractivity contribution in [2.75, 3.05) is 13.1 Å². The van der Waals surface area contributed by atoms with Gasteiger partial charge in [-0.1, -0.05) is 32.3 Å². The SMILES string of the molecule is CCNS(=O)(=O)c1ccc(C)c(C(=O)OC(C)C(=O)NCC2CCCCC2)c1. The highest BCUT2D eigenvalue weighted by Crippen LogP contribution is 2.23. The van der Waals surface area contributed by atoms with Crippen LogP contribution in [0, 0.1) is 12.8 Å². The molecule has 7 nitrogen and oxygen atoms in total. The largest absolute Gasteiger partial charge is 0.449 e. The molecule has 1 aliphatic rings. The maximum absolute atomic E-state index is 12.5. The Morgan fingerprint density at radius 2 is 1.89 bits per heavy atom. The summed E-state index contributed by atoms with van der Waals surface area (Å²) in [6.45, 7) is 5.72. The second-order valence-electron chi connectivity index (χ2n) is 7.27. The van der Waals surface area contributed by atoms with Crippen molar-refractivity contribution in [3.05, 3.63) is 29.3 Å². The number of hydrogen-bond acceptors (Lipinski definition) is 5. The second kappa shape index (κ2) is 10.0. The van der Waals surface area contributed by atoms with Gasteiger partial charge < -0.3 is 10.1 Å². The molecule has 1 aliphatic carbocycles. The number of carbonyl (C=O) groups is 2. The Kier molecular flexibility index (Phi) is 8.00. The van der Waals surface area contributed by atoms with Gasteiger partial charge in [-0.2, -0.15) is 0 Å². The van der Waals surface area contributed by atoms with Gasteiger partial charge in [0, 0.05) is 13.1 Å². The molecule has 0 aliphatic heterocycles. The van der Waals surface area contributed by atoms with E-state index in [1.165, 1.54) is 38.3 Å². The molecule has 1 amide bonds. The maximum atomic E-state index is 12.5. The van der Waals surface area contributed by atoms with Crippen LogP contribution in [0.3, 0.4) is 0 Å². The van der Waals surface area contributed by atoms with Crippen molar-refractivity contribution < 1.29 is 22.7 Å². The lowest BCUT2D eigenvalue weighted by Crippen LogP contribution is -2.38. The van der Waals surface area contributed by atoms with E-state index in [0.717, 1.165) is 12.8 Å². The van der Waals surface area contributed by atoms with Gasteiger partial charge in [-0.15, -0.1) is 0 Å². The van der Waals surface area contributed by atoms with E-state index in [1.54, 1.807) is 19.9 Å². The molecule has 2 rings (SSSR count). The Morgan fingerprint density at radius 3 is 2.54 bits per heavy atom. The smallest absolute Gasteiger partial charge is 0.339 e. The molecule has 1 aromatic carbocycles. The molecule has 1 fully saturated rings. The van der Waals surface area contributed by atoms with Gasteiger partial charge in [0.1, 0.15) is 0 Å². The van der Waals surface area contributed by atoms with Crippen molar-refractivity contribution >= 4 is 21.9 Å². The van der Waals surface area contributed by atoms with Gasteiger partial charge in [0.05, 0.1) is 10.5 Å². The van der Waals surface area contributed by atoms with Gasteiger partial charge in [0.2, 0.25) is 10.0 Å². The fourth-order valence-electron chi connectivity index (χ4n) is 3.32. The van der Waals surface area contributed by atoms with Crippen LogP contribution < -0.4 is 10.0 Å². The Bertz CT molecular complexity index is 801. The summed E-state index contributed by atoms with van der Waals surface area (Å²) in [7, 11) is -3.69. The molecule has 1 aromatic rings. The molecule has 28 heavy (non-hydrogen) atoms. The Morgan fingerprint density at radius 1 is 1.21 bits per heavy atom. The number of esters is 1. The average Bonchev–Trinajstić information content (AvgIpc) is 2.66. The number of nitrogens with one attached hydrogen (secondary N) is 2. The zero-order valence-corrected chi connectivity index (χ0v) is 17.6.